The predicted molar refractivity (Wildman–Crippen MR) is 127 cm³/mol. The fourth-order valence-electron chi connectivity index (χ4n) is 4.89. The molecule has 1 N–H and O–H groups in total. The summed E-state index contributed by atoms with van der Waals surface area (Å²) in [6.07, 6.45) is 8.43. The number of hydrogen-bond acceptors (Lipinski definition) is 7. The molecule has 1 aromatic carbocycles. The molecule has 0 bridgehead atoms. The summed E-state index contributed by atoms with van der Waals surface area (Å²) in [5.41, 5.74) is 4.95. The van der Waals surface area contributed by atoms with E-state index in [9.17, 15) is 10.5 Å². The van der Waals surface area contributed by atoms with Gasteiger partial charge in [0, 0.05) is 49.5 Å². The van der Waals surface area contributed by atoms with Crippen molar-refractivity contribution in [2.45, 2.75) is 25.5 Å². The molecule has 5 rings (SSSR count). The summed E-state index contributed by atoms with van der Waals surface area (Å²) in [5, 5.41) is 24.9. The van der Waals surface area contributed by atoms with E-state index in [1.54, 1.807) is 13.3 Å². The number of aromatic amines is 1. The second-order valence-electron chi connectivity index (χ2n) is 8.45. The minimum absolute atomic E-state index is 0.0694. The molecule has 1 unspecified atom stereocenters. The number of H-pyrrole nitrogens is 1. The molecular formula is C25H24N8O. The van der Waals surface area contributed by atoms with E-state index in [0.29, 0.717) is 18.6 Å². The molecule has 1 fully saturated rings. The Balaban J connectivity index is 1.41. The molecule has 3 aromatic heterocycles. The van der Waals surface area contributed by atoms with Gasteiger partial charge in [-0.15, -0.1) is 0 Å². The molecule has 0 radical (unpaired) electrons. The van der Waals surface area contributed by atoms with E-state index in [2.05, 4.69) is 37.1 Å². The number of fused-ring (bicyclic) bond motifs is 1. The SMILES string of the molecule is COCc1cccc(N2CCC([C@H](CC#N)n3cc(-c4ncnc5[nH]ccc45)cn3)C2)c1C#N. The highest BCUT2D eigenvalue weighted by molar-refractivity contribution is 5.89. The Morgan fingerprint density at radius 3 is 3.00 bits per heavy atom. The van der Waals surface area contributed by atoms with Gasteiger partial charge >= 0.3 is 0 Å². The van der Waals surface area contributed by atoms with Gasteiger partial charge in [0.1, 0.15) is 18.0 Å². The highest BCUT2D eigenvalue weighted by Crippen LogP contribution is 2.36. The van der Waals surface area contributed by atoms with Crippen molar-refractivity contribution in [3.63, 3.8) is 0 Å². The highest BCUT2D eigenvalue weighted by Gasteiger charge is 2.32. The lowest BCUT2D eigenvalue weighted by Crippen LogP contribution is -2.25. The Kier molecular flexibility index (Phi) is 5.94. The quantitative estimate of drug-likeness (QED) is 0.453. The molecule has 4 aromatic rings. The van der Waals surface area contributed by atoms with Gasteiger partial charge in [-0.1, -0.05) is 12.1 Å². The Morgan fingerprint density at radius 1 is 1.26 bits per heavy atom. The molecule has 0 amide bonds. The van der Waals surface area contributed by atoms with Crippen molar-refractivity contribution in [1.82, 2.24) is 24.7 Å². The smallest absolute Gasteiger partial charge is 0.141 e. The number of rotatable bonds is 7. The number of nitrogens with one attached hydrogen (secondary N) is 1. The summed E-state index contributed by atoms with van der Waals surface area (Å²) in [4.78, 5) is 14.1. The molecule has 0 spiro atoms. The average Bonchev–Trinajstić information content (AvgIpc) is 3.63. The topological polar surface area (TPSA) is 119 Å². The maximum Gasteiger partial charge on any atom is 0.141 e. The van der Waals surface area contributed by atoms with Gasteiger partial charge in [0.15, 0.2) is 0 Å². The summed E-state index contributed by atoms with van der Waals surface area (Å²) in [6, 6.07) is 12.5. The standard InChI is InChI=1S/C25H24N8O/c1-34-15-18-3-2-4-23(21(18)11-27)32-10-7-17(13-32)22(5-8-26)33-14-19(12-31-33)24-20-6-9-28-25(20)30-16-29-24/h2-4,6,9,12,14,16-17,22H,5,7,10,13,15H2,1H3,(H,28,29,30)/t17?,22-/m0/s1. The van der Waals surface area contributed by atoms with Gasteiger partial charge in [-0.3, -0.25) is 4.68 Å². The second-order valence-corrected chi connectivity index (χ2v) is 8.45. The third kappa shape index (κ3) is 3.87. The number of benzene rings is 1. The number of nitrogens with zero attached hydrogens (tertiary/aromatic N) is 7. The molecule has 0 saturated carbocycles. The van der Waals surface area contributed by atoms with Crippen LogP contribution in [0.5, 0.6) is 0 Å². The summed E-state index contributed by atoms with van der Waals surface area (Å²) in [6.45, 7) is 1.97. The monoisotopic (exact) mass is 452 g/mol. The lowest BCUT2D eigenvalue weighted by molar-refractivity contribution is 0.184. The van der Waals surface area contributed by atoms with Crippen LogP contribution in [0.4, 0.5) is 5.69 Å². The van der Waals surface area contributed by atoms with E-state index in [4.69, 9.17) is 4.74 Å². The van der Waals surface area contributed by atoms with Gasteiger partial charge in [-0.05, 0) is 24.1 Å². The fraction of sp³-hybridized carbons (Fsp3) is 0.320. The summed E-state index contributed by atoms with van der Waals surface area (Å²) >= 11 is 0. The zero-order chi connectivity index (χ0) is 23.5. The molecule has 0 aliphatic carbocycles. The Bertz CT molecular complexity index is 1390. The van der Waals surface area contributed by atoms with E-state index in [1.807, 2.05) is 41.3 Å². The minimum atomic E-state index is -0.0694. The summed E-state index contributed by atoms with van der Waals surface area (Å²) in [5.74, 6) is 0.225. The largest absolute Gasteiger partial charge is 0.380 e. The molecule has 1 saturated heterocycles. The van der Waals surface area contributed by atoms with E-state index in [0.717, 1.165) is 53.1 Å². The number of ether oxygens (including phenoxy) is 1. The maximum absolute atomic E-state index is 9.79. The zero-order valence-corrected chi connectivity index (χ0v) is 18.8. The molecule has 1 aliphatic heterocycles. The highest BCUT2D eigenvalue weighted by atomic mass is 16.5. The third-order valence-electron chi connectivity index (χ3n) is 6.52. The molecule has 2 atom stereocenters. The minimum Gasteiger partial charge on any atom is -0.380 e. The Labute approximate surface area is 197 Å². The maximum atomic E-state index is 9.79. The van der Waals surface area contributed by atoms with Crippen molar-refractivity contribution >= 4 is 16.7 Å². The van der Waals surface area contributed by atoms with E-state index in [-0.39, 0.29) is 12.0 Å². The predicted octanol–water partition coefficient (Wildman–Crippen LogP) is 3.82. The molecule has 4 heterocycles. The van der Waals surface area contributed by atoms with Gasteiger partial charge in [0.2, 0.25) is 0 Å². The number of hydrogen-bond donors (Lipinski definition) is 1. The first-order valence-corrected chi connectivity index (χ1v) is 11.2. The van der Waals surface area contributed by atoms with E-state index >= 15 is 0 Å². The molecule has 9 heteroatoms. The Hall–Kier alpha value is -4.21. The molecule has 9 nitrogen and oxygen atoms in total. The van der Waals surface area contributed by atoms with Gasteiger partial charge in [0.25, 0.3) is 0 Å². The zero-order valence-electron chi connectivity index (χ0n) is 18.8. The number of methoxy groups -OCH3 is 1. The number of nitriles is 2. The lowest BCUT2D eigenvalue weighted by Gasteiger charge is -2.24. The van der Waals surface area contributed by atoms with Crippen LogP contribution in [0.3, 0.4) is 0 Å². The number of anilines is 1. The van der Waals surface area contributed by atoms with Crippen molar-refractivity contribution in [2.24, 2.45) is 5.92 Å². The van der Waals surface area contributed by atoms with Crippen LogP contribution in [0.2, 0.25) is 0 Å². The van der Waals surface area contributed by atoms with Gasteiger partial charge in [-0.2, -0.15) is 15.6 Å². The van der Waals surface area contributed by atoms with E-state index in [1.165, 1.54) is 6.33 Å². The van der Waals surface area contributed by atoms with Crippen LogP contribution < -0.4 is 4.90 Å². The van der Waals surface area contributed by atoms with Crippen molar-refractivity contribution in [2.75, 3.05) is 25.1 Å². The first kappa shape index (κ1) is 21.6. The van der Waals surface area contributed by atoms with Crippen LogP contribution in [0.1, 0.15) is 30.0 Å². The molecule has 34 heavy (non-hydrogen) atoms. The lowest BCUT2D eigenvalue weighted by atomic mass is 9.96. The normalized spacial score (nSPS) is 16.4. The Morgan fingerprint density at radius 2 is 2.18 bits per heavy atom. The summed E-state index contributed by atoms with van der Waals surface area (Å²) in [7, 11) is 1.63. The van der Waals surface area contributed by atoms with Crippen molar-refractivity contribution in [1.29, 1.82) is 10.5 Å². The second kappa shape index (κ2) is 9.34. The fourth-order valence-corrected chi connectivity index (χ4v) is 4.89. The first-order valence-electron chi connectivity index (χ1n) is 11.2. The van der Waals surface area contributed by atoms with Crippen LogP contribution in [0, 0.1) is 28.6 Å². The molecular weight excluding hydrogens is 428 g/mol. The number of aromatic nitrogens is 5. The summed E-state index contributed by atoms with van der Waals surface area (Å²) < 4.78 is 7.17. The van der Waals surface area contributed by atoms with E-state index < -0.39 is 0 Å². The molecule has 1 aliphatic rings. The van der Waals surface area contributed by atoms with Gasteiger partial charge in [0.05, 0.1) is 48.3 Å². The van der Waals surface area contributed by atoms with Crippen LogP contribution in [0.15, 0.2) is 49.2 Å². The van der Waals surface area contributed by atoms with Crippen molar-refractivity contribution in [3.8, 4) is 23.4 Å². The van der Waals surface area contributed by atoms with Crippen molar-refractivity contribution in [3.05, 3.63) is 60.3 Å². The molecule has 170 valence electrons. The first-order chi connectivity index (χ1) is 16.7. The third-order valence-corrected chi connectivity index (χ3v) is 6.52. The van der Waals surface area contributed by atoms with Crippen LogP contribution >= 0.6 is 0 Å². The average molecular weight is 453 g/mol. The van der Waals surface area contributed by atoms with Crippen molar-refractivity contribution < 1.29 is 4.74 Å². The van der Waals surface area contributed by atoms with Gasteiger partial charge < -0.3 is 14.6 Å². The van der Waals surface area contributed by atoms with Gasteiger partial charge in [-0.25, -0.2) is 9.97 Å². The van der Waals surface area contributed by atoms with Crippen LogP contribution in [-0.4, -0.2) is 44.9 Å². The van der Waals surface area contributed by atoms with Crippen LogP contribution in [0.25, 0.3) is 22.3 Å². The van der Waals surface area contributed by atoms with Crippen LogP contribution in [-0.2, 0) is 11.3 Å².